The lowest BCUT2D eigenvalue weighted by Gasteiger charge is -2.07. The van der Waals surface area contributed by atoms with Crippen LogP contribution in [0.2, 0.25) is 0 Å². The van der Waals surface area contributed by atoms with Crippen LogP contribution < -0.4 is 20.9 Å². The summed E-state index contributed by atoms with van der Waals surface area (Å²) in [6.07, 6.45) is 0. The van der Waals surface area contributed by atoms with Gasteiger partial charge in [-0.1, -0.05) is 0 Å². The van der Waals surface area contributed by atoms with Crippen molar-refractivity contribution in [1.29, 1.82) is 0 Å². The molecule has 1 aromatic carbocycles. The van der Waals surface area contributed by atoms with Gasteiger partial charge in [0.2, 0.25) is 11.9 Å². The number of aliphatic imine (C=N–C) groups is 1. The van der Waals surface area contributed by atoms with Gasteiger partial charge in [-0.15, -0.1) is 0 Å². The van der Waals surface area contributed by atoms with Crippen molar-refractivity contribution >= 4 is 21.9 Å². The summed E-state index contributed by atoms with van der Waals surface area (Å²) in [6, 6.07) is 5.68. The molecule has 5 N–H and O–H groups in total. The van der Waals surface area contributed by atoms with Crippen molar-refractivity contribution in [3.05, 3.63) is 24.3 Å². The lowest BCUT2D eigenvalue weighted by atomic mass is 10.3. The molecule has 0 bridgehead atoms. The Morgan fingerprint density at radius 1 is 1.32 bits per heavy atom. The molecule has 0 fully saturated rings. The number of carbonyl (C=O) groups is 1. The van der Waals surface area contributed by atoms with Gasteiger partial charge in [0.25, 0.3) is 10.0 Å². The number of rotatable bonds is 5. The highest BCUT2D eigenvalue weighted by atomic mass is 32.2. The molecular weight excluding hydrogens is 272 g/mol. The summed E-state index contributed by atoms with van der Waals surface area (Å²) in [5.41, 5.74) is 10.2. The molecule has 0 atom stereocenters. The number of methoxy groups -OCH3 is 1. The van der Waals surface area contributed by atoms with Gasteiger partial charge >= 0.3 is 0 Å². The Kier molecular flexibility index (Phi) is 4.70. The Hall–Kier alpha value is -2.29. The van der Waals surface area contributed by atoms with Crippen molar-refractivity contribution < 1.29 is 17.9 Å². The first-order valence-electron chi connectivity index (χ1n) is 5.10. The average molecular weight is 286 g/mol. The number of carbonyl (C=O) groups excluding carboxylic acids is 1. The number of nitrogens with zero attached hydrogens (tertiary/aromatic N) is 1. The third-order valence-electron chi connectivity index (χ3n) is 2.01. The van der Waals surface area contributed by atoms with E-state index in [4.69, 9.17) is 16.2 Å². The summed E-state index contributed by atoms with van der Waals surface area (Å²) in [6.45, 7) is -0.392. The van der Waals surface area contributed by atoms with Crippen molar-refractivity contribution in [2.24, 2.45) is 16.5 Å². The number of amides is 1. The molecule has 1 amide bonds. The molecule has 0 aromatic heterocycles. The third-order valence-corrected chi connectivity index (χ3v) is 3.38. The third kappa shape index (κ3) is 4.47. The summed E-state index contributed by atoms with van der Waals surface area (Å²) < 4.78 is 30.6. The standard InChI is InChI=1S/C10H14N4O4S/c1-18-7-2-4-8(5-3-7)19(16,17)14-10(12)13-6-9(11)15/h2-5H,6H2,1H3,(H2,11,15)(H3,12,13,14). The molecule has 0 radical (unpaired) electrons. The van der Waals surface area contributed by atoms with E-state index in [1.807, 2.05) is 4.72 Å². The number of nitrogens with two attached hydrogens (primary N) is 2. The molecule has 19 heavy (non-hydrogen) atoms. The predicted octanol–water partition coefficient (Wildman–Crippen LogP) is -1.23. The highest BCUT2D eigenvalue weighted by molar-refractivity contribution is 7.90. The van der Waals surface area contributed by atoms with Crippen LogP contribution in [0.3, 0.4) is 0 Å². The molecule has 0 spiro atoms. The Morgan fingerprint density at radius 3 is 2.37 bits per heavy atom. The monoisotopic (exact) mass is 286 g/mol. The fourth-order valence-corrected chi connectivity index (χ4v) is 2.10. The smallest absolute Gasteiger partial charge is 0.264 e. The predicted molar refractivity (Wildman–Crippen MR) is 69.0 cm³/mol. The van der Waals surface area contributed by atoms with Crippen LogP contribution in [0, 0.1) is 0 Å². The minimum absolute atomic E-state index is 0.00877. The van der Waals surface area contributed by atoms with Gasteiger partial charge in [-0.05, 0) is 24.3 Å². The van der Waals surface area contributed by atoms with Crippen LogP contribution in [0.15, 0.2) is 34.2 Å². The van der Waals surface area contributed by atoms with Gasteiger partial charge in [0.15, 0.2) is 0 Å². The van der Waals surface area contributed by atoms with Crippen molar-refractivity contribution in [2.45, 2.75) is 4.90 Å². The Balaban J connectivity index is 2.85. The van der Waals surface area contributed by atoms with E-state index in [2.05, 4.69) is 4.99 Å². The largest absolute Gasteiger partial charge is 0.497 e. The fourth-order valence-electron chi connectivity index (χ4n) is 1.15. The van der Waals surface area contributed by atoms with Crippen LogP contribution in [0.4, 0.5) is 0 Å². The lowest BCUT2D eigenvalue weighted by Crippen LogP contribution is -2.37. The number of guanidine groups is 1. The van der Waals surface area contributed by atoms with E-state index in [-0.39, 0.29) is 4.90 Å². The molecular formula is C10H14N4O4S. The van der Waals surface area contributed by atoms with Gasteiger partial charge in [0.05, 0.1) is 12.0 Å². The van der Waals surface area contributed by atoms with Crippen molar-refractivity contribution in [2.75, 3.05) is 13.7 Å². The molecule has 0 aliphatic heterocycles. The number of hydrogen-bond donors (Lipinski definition) is 3. The number of primary amides is 1. The lowest BCUT2D eigenvalue weighted by molar-refractivity contribution is -0.116. The van der Waals surface area contributed by atoms with E-state index in [9.17, 15) is 13.2 Å². The second-order valence-corrected chi connectivity index (χ2v) is 5.13. The first-order chi connectivity index (χ1) is 8.85. The minimum atomic E-state index is -3.85. The molecule has 0 unspecified atom stereocenters. The maximum atomic E-state index is 11.9. The number of ether oxygens (including phenoxy) is 1. The number of hydrogen-bond acceptors (Lipinski definition) is 5. The van der Waals surface area contributed by atoms with Crippen LogP contribution in [0.25, 0.3) is 0 Å². The second kappa shape index (κ2) is 6.05. The van der Waals surface area contributed by atoms with Crippen molar-refractivity contribution in [3.63, 3.8) is 0 Å². The summed E-state index contributed by atoms with van der Waals surface area (Å²) in [4.78, 5) is 13.9. The maximum absolute atomic E-state index is 11.9. The van der Waals surface area contributed by atoms with Crippen LogP contribution >= 0.6 is 0 Å². The van der Waals surface area contributed by atoms with Crippen molar-refractivity contribution in [3.8, 4) is 5.75 Å². The van der Waals surface area contributed by atoms with E-state index < -0.39 is 28.4 Å². The summed E-state index contributed by atoms with van der Waals surface area (Å²) in [7, 11) is -2.38. The number of nitrogens with one attached hydrogen (secondary N) is 1. The fraction of sp³-hybridized carbons (Fsp3) is 0.200. The Bertz CT molecular complexity index is 580. The topological polar surface area (TPSA) is 137 Å². The number of sulfonamides is 1. The highest BCUT2D eigenvalue weighted by Crippen LogP contribution is 2.14. The van der Waals surface area contributed by atoms with Gasteiger partial charge in [0, 0.05) is 0 Å². The number of benzene rings is 1. The zero-order chi connectivity index (χ0) is 14.5. The van der Waals surface area contributed by atoms with E-state index in [1.54, 1.807) is 0 Å². The SMILES string of the molecule is COc1ccc(S(=O)(=O)NC(N)=NCC(N)=O)cc1. The summed E-state index contributed by atoms with van der Waals surface area (Å²) in [5, 5.41) is 0. The van der Waals surface area contributed by atoms with Gasteiger partial charge in [-0.3, -0.25) is 4.79 Å². The van der Waals surface area contributed by atoms with E-state index in [1.165, 1.54) is 31.4 Å². The Labute approximate surface area is 110 Å². The summed E-state index contributed by atoms with van der Waals surface area (Å²) >= 11 is 0. The quantitative estimate of drug-likeness (QED) is 0.460. The van der Waals surface area contributed by atoms with Crippen molar-refractivity contribution in [1.82, 2.24) is 4.72 Å². The Morgan fingerprint density at radius 2 is 1.89 bits per heavy atom. The first-order valence-corrected chi connectivity index (χ1v) is 6.58. The molecule has 1 aromatic rings. The van der Waals surface area contributed by atoms with Gasteiger partial charge in [-0.2, -0.15) is 0 Å². The molecule has 0 heterocycles. The molecule has 0 saturated carbocycles. The average Bonchev–Trinajstić information content (AvgIpc) is 2.36. The zero-order valence-electron chi connectivity index (χ0n) is 10.2. The molecule has 0 aliphatic carbocycles. The first kappa shape index (κ1) is 14.8. The van der Waals surface area contributed by atoms with Crippen LogP contribution in [0.1, 0.15) is 0 Å². The van der Waals surface area contributed by atoms with Crippen LogP contribution in [-0.4, -0.2) is 33.9 Å². The highest BCUT2D eigenvalue weighted by Gasteiger charge is 2.14. The van der Waals surface area contributed by atoms with Crippen LogP contribution in [0.5, 0.6) is 5.75 Å². The minimum Gasteiger partial charge on any atom is -0.497 e. The van der Waals surface area contributed by atoms with Crippen LogP contribution in [-0.2, 0) is 14.8 Å². The second-order valence-electron chi connectivity index (χ2n) is 3.45. The molecule has 8 nitrogen and oxygen atoms in total. The van der Waals surface area contributed by atoms with E-state index >= 15 is 0 Å². The molecule has 1 rings (SSSR count). The van der Waals surface area contributed by atoms with Gasteiger partial charge < -0.3 is 16.2 Å². The van der Waals surface area contributed by atoms with E-state index in [0.29, 0.717) is 5.75 Å². The van der Waals surface area contributed by atoms with E-state index in [0.717, 1.165) is 0 Å². The zero-order valence-corrected chi connectivity index (χ0v) is 11.0. The molecule has 104 valence electrons. The van der Waals surface area contributed by atoms with Gasteiger partial charge in [-0.25, -0.2) is 18.1 Å². The van der Waals surface area contributed by atoms with Gasteiger partial charge in [0.1, 0.15) is 12.3 Å². The summed E-state index contributed by atoms with van der Waals surface area (Å²) in [5.74, 6) is -0.601. The maximum Gasteiger partial charge on any atom is 0.264 e. The molecule has 0 saturated heterocycles. The molecule has 9 heteroatoms. The molecule has 0 aliphatic rings. The normalized spacial score (nSPS) is 11.9.